The average molecular weight is 437 g/mol. The van der Waals surface area contributed by atoms with Crippen molar-refractivity contribution in [2.45, 2.75) is 4.90 Å². The summed E-state index contributed by atoms with van der Waals surface area (Å²) < 4.78 is 26.9. The van der Waals surface area contributed by atoms with Gasteiger partial charge in [0.05, 0.1) is 6.54 Å². The molecule has 0 bridgehead atoms. The molecule has 31 heavy (non-hydrogen) atoms. The number of piperazine rings is 1. The number of nitrogens with zero attached hydrogens (tertiary/aromatic N) is 3. The third kappa shape index (κ3) is 4.99. The van der Waals surface area contributed by atoms with E-state index in [-0.39, 0.29) is 17.3 Å². The highest BCUT2D eigenvalue weighted by molar-refractivity contribution is 7.89. The number of amides is 1. The SMILES string of the molecule is O=C(CN1CCN(S(=O)(=O)c2cccnc2)CC1)Nc1ccccc1-c1ccccc1. The molecule has 1 amide bonds. The second kappa shape index (κ2) is 9.38. The lowest BCUT2D eigenvalue weighted by Gasteiger charge is -2.33. The standard InChI is InChI=1S/C23H24N4O3S/c28-23(25-22-11-5-4-10-21(22)19-7-2-1-3-8-19)18-26-13-15-27(16-14-26)31(29,30)20-9-6-12-24-17-20/h1-12,17H,13-16,18H2,(H,25,28). The van der Waals surface area contributed by atoms with Gasteiger partial charge in [-0.25, -0.2) is 8.42 Å². The minimum Gasteiger partial charge on any atom is -0.324 e. The highest BCUT2D eigenvalue weighted by Crippen LogP contribution is 2.27. The highest BCUT2D eigenvalue weighted by atomic mass is 32.2. The van der Waals surface area contributed by atoms with Gasteiger partial charge >= 0.3 is 0 Å². The number of anilines is 1. The molecule has 0 atom stereocenters. The van der Waals surface area contributed by atoms with E-state index in [0.29, 0.717) is 26.2 Å². The first-order valence-electron chi connectivity index (χ1n) is 10.1. The van der Waals surface area contributed by atoms with Crippen molar-refractivity contribution >= 4 is 21.6 Å². The number of pyridine rings is 1. The zero-order valence-corrected chi connectivity index (χ0v) is 17.8. The Hall–Kier alpha value is -3.07. The summed E-state index contributed by atoms with van der Waals surface area (Å²) in [4.78, 5) is 18.7. The van der Waals surface area contributed by atoms with Gasteiger partial charge in [0.1, 0.15) is 4.90 Å². The summed E-state index contributed by atoms with van der Waals surface area (Å²) in [6.45, 7) is 1.88. The number of aromatic nitrogens is 1. The fourth-order valence-electron chi connectivity index (χ4n) is 3.63. The summed E-state index contributed by atoms with van der Waals surface area (Å²) in [7, 11) is -3.56. The number of para-hydroxylation sites is 1. The number of carbonyl (C=O) groups excluding carboxylic acids is 1. The molecule has 7 nitrogen and oxygen atoms in total. The second-order valence-electron chi connectivity index (χ2n) is 7.33. The Kier molecular flexibility index (Phi) is 6.41. The maximum absolute atomic E-state index is 12.7. The molecule has 2 heterocycles. The van der Waals surface area contributed by atoms with E-state index < -0.39 is 10.0 Å². The molecule has 2 aromatic carbocycles. The topological polar surface area (TPSA) is 82.6 Å². The van der Waals surface area contributed by atoms with Crippen LogP contribution in [0.2, 0.25) is 0 Å². The molecule has 160 valence electrons. The Morgan fingerprint density at radius 2 is 1.61 bits per heavy atom. The van der Waals surface area contributed by atoms with Gasteiger partial charge in [-0.15, -0.1) is 0 Å². The highest BCUT2D eigenvalue weighted by Gasteiger charge is 2.29. The quantitative estimate of drug-likeness (QED) is 0.643. The fraction of sp³-hybridized carbons (Fsp3) is 0.217. The van der Waals surface area contributed by atoms with E-state index in [1.54, 1.807) is 18.3 Å². The molecule has 1 aliphatic rings. The molecule has 0 aliphatic carbocycles. The largest absolute Gasteiger partial charge is 0.324 e. The van der Waals surface area contributed by atoms with Crippen molar-refractivity contribution in [3.8, 4) is 11.1 Å². The van der Waals surface area contributed by atoms with Crippen LogP contribution in [0.3, 0.4) is 0 Å². The van der Waals surface area contributed by atoms with Gasteiger partial charge in [0.15, 0.2) is 0 Å². The average Bonchev–Trinajstić information content (AvgIpc) is 2.81. The van der Waals surface area contributed by atoms with E-state index in [1.165, 1.54) is 10.5 Å². The van der Waals surface area contributed by atoms with Crippen LogP contribution in [0.1, 0.15) is 0 Å². The van der Waals surface area contributed by atoms with Crippen LogP contribution in [0.15, 0.2) is 84.0 Å². The van der Waals surface area contributed by atoms with Crippen LogP contribution in [0, 0.1) is 0 Å². The molecule has 0 unspecified atom stereocenters. The van der Waals surface area contributed by atoms with Crippen LogP contribution in [0.4, 0.5) is 5.69 Å². The van der Waals surface area contributed by atoms with E-state index in [2.05, 4.69) is 10.3 Å². The number of sulfonamides is 1. The van der Waals surface area contributed by atoms with Crippen molar-refractivity contribution in [1.29, 1.82) is 0 Å². The van der Waals surface area contributed by atoms with Crippen molar-refractivity contribution in [1.82, 2.24) is 14.2 Å². The first-order chi connectivity index (χ1) is 15.0. The van der Waals surface area contributed by atoms with Gasteiger partial charge in [-0.3, -0.25) is 14.7 Å². The van der Waals surface area contributed by atoms with Crippen molar-refractivity contribution in [2.75, 3.05) is 38.0 Å². The van der Waals surface area contributed by atoms with Gasteiger partial charge in [0.25, 0.3) is 0 Å². The maximum Gasteiger partial charge on any atom is 0.244 e. The number of nitrogens with one attached hydrogen (secondary N) is 1. The Morgan fingerprint density at radius 3 is 2.32 bits per heavy atom. The van der Waals surface area contributed by atoms with Gasteiger partial charge < -0.3 is 5.32 Å². The lowest BCUT2D eigenvalue weighted by atomic mass is 10.0. The van der Waals surface area contributed by atoms with Gasteiger partial charge in [0.2, 0.25) is 15.9 Å². The summed E-state index contributed by atoms with van der Waals surface area (Å²) in [5, 5.41) is 3.00. The van der Waals surface area contributed by atoms with Crippen molar-refractivity contribution in [3.63, 3.8) is 0 Å². The Labute approximate surface area is 182 Å². The van der Waals surface area contributed by atoms with E-state index >= 15 is 0 Å². The molecule has 0 saturated carbocycles. The minimum absolute atomic E-state index is 0.119. The van der Waals surface area contributed by atoms with Gasteiger partial charge in [-0.2, -0.15) is 4.31 Å². The Balaban J connectivity index is 1.36. The molecule has 1 N–H and O–H groups in total. The molecule has 0 spiro atoms. The first-order valence-corrected chi connectivity index (χ1v) is 11.5. The monoisotopic (exact) mass is 436 g/mol. The molecule has 1 fully saturated rings. The molecular formula is C23H24N4O3S. The molecule has 3 aromatic rings. The Bertz CT molecular complexity index is 1130. The van der Waals surface area contributed by atoms with Crippen molar-refractivity contribution < 1.29 is 13.2 Å². The van der Waals surface area contributed by atoms with E-state index in [1.807, 2.05) is 59.5 Å². The van der Waals surface area contributed by atoms with Crippen LogP contribution in [-0.2, 0) is 14.8 Å². The summed E-state index contributed by atoms with van der Waals surface area (Å²) >= 11 is 0. The smallest absolute Gasteiger partial charge is 0.244 e. The van der Waals surface area contributed by atoms with E-state index in [9.17, 15) is 13.2 Å². The molecule has 0 radical (unpaired) electrons. The fourth-order valence-corrected chi connectivity index (χ4v) is 5.02. The van der Waals surface area contributed by atoms with Crippen LogP contribution in [-0.4, -0.2) is 61.2 Å². The van der Waals surface area contributed by atoms with Crippen LogP contribution < -0.4 is 5.32 Å². The van der Waals surface area contributed by atoms with Gasteiger partial charge in [-0.1, -0.05) is 48.5 Å². The first kappa shape index (κ1) is 21.2. The molecular weight excluding hydrogens is 412 g/mol. The van der Waals surface area contributed by atoms with Crippen molar-refractivity contribution in [3.05, 3.63) is 79.1 Å². The normalized spacial score (nSPS) is 15.5. The summed E-state index contributed by atoms with van der Waals surface area (Å²) in [6, 6.07) is 20.8. The second-order valence-corrected chi connectivity index (χ2v) is 9.27. The lowest BCUT2D eigenvalue weighted by molar-refractivity contribution is -0.117. The third-order valence-corrected chi connectivity index (χ3v) is 7.14. The summed E-state index contributed by atoms with van der Waals surface area (Å²) in [5.41, 5.74) is 2.76. The van der Waals surface area contributed by atoms with Crippen LogP contribution >= 0.6 is 0 Å². The Morgan fingerprint density at radius 1 is 0.903 bits per heavy atom. The molecule has 1 aliphatic heterocycles. The zero-order valence-electron chi connectivity index (χ0n) is 17.0. The maximum atomic E-state index is 12.7. The van der Waals surface area contributed by atoms with Gasteiger partial charge in [0, 0.05) is 49.8 Å². The summed E-state index contributed by atoms with van der Waals surface area (Å²) in [5.74, 6) is -0.119. The van der Waals surface area contributed by atoms with Crippen LogP contribution in [0.5, 0.6) is 0 Å². The third-order valence-electron chi connectivity index (χ3n) is 5.26. The molecule has 1 saturated heterocycles. The molecule has 8 heteroatoms. The van der Waals surface area contributed by atoms with E-state index in [0.717, 1.165) is 16.8 Å². The van der Waals surface area contributed by atoms with E-state index in [4.69, 9.17) is 0 Å². The predicted molar refractivity (Wildman–Crippen MR) is 120 cm³/mol. The molecule has 4 rings (SSSR count). The number of hydrogen-bond donors (Lipinski definition) is 1. The van der Waals surface area contributed by atoms with Gasteiger partial charge in [-0.05, 0) is 23.8 Å². The number of rotatable bonds is 6. The predicted octanol–water partition coefficient (Wildman–Crippen LogP) is 2.69. The number of carbonyl (C=O) groups is 1. The zero-order chi connectivity index (χ0) is 21.7. The summed E-state index contributed by atoms with van der Waals surface area (Å²) in [6.07, 6.45) is 2.91. The molecule has 1 aromatic heterocycles. The number of hydrogen-bond acceptors (Lipinski definition) is 5. The lowest BCUT2D eigenvalue weighted by Crippen LogP contribution is -2.50. The minimum atomic E-state index is -3.56. The van der Waals surface area contributed by atoms with Crippen molar-refractivity contribution in [2.24, 2.45) is 0 Å². The number of benzene rings is 2. The van der Waals surface area contributed by atoms with Crippen LogP contribution in [0.25, 0.3) is 11.1 Å².